The molecule has 24 heavy (non-hydrogen) atoms. The SMILES string of the molecule is CCCCSC(C)C(=O)N1CCN(C(=O)C(=O)N2CCCC2)CC1. The smallest absolute Gasteiger partial charge is 0.312 e. The number of rotatable bonds is 5. The minimum absolute atomic E-state index is 0.0370. The van der Waals surface area contributed by atoms with Crippen molar-refractivity contribution in [2.24, 2.45) is 0 Å². The molecule has 0 bridgehead atoms. The predicted molar refractivity (Wildman–Crippen MR) is 95.8 cm³/mol. The number of piperazine rings is 1. The lowest BCUT2D eigenvalue weighted by Crippen LogP contribution is -2.55. The first-order valence-electron chi connectivity index (χ1n) is 9.03. The van der Waals surface area contributed by atoms with E-state index in [-0.39, 0.29) is 17.1 Å². The monoisotopic (exact) mass is 355 g/mol. The van der Waals surface area contributed by atoms with Gasteiger partial charge >= 0.3 is 11.8 Å². The van der Waals surface area contributed by atoms with Crippen molar-refractivity contribution in [2.75, 3.05) is 45.0 Å². The zero-order valence-corrected chi connectivity index (χ0v) is 15.6. The summed E-state index contributed by atoms with van der Waals surface area (Å²) in [4.78, 5) is 42.0. The van der Waals surface area contributed by atoms with Crippen molar-refractivity contribution >= 4 is 29.5 Å². The van der Waals surface area contributed by atoms with E-state index in [1.54, 1.807) is 21.6 Å². The van der Waals surface area contributed by atoms with Gasteiger partial charge in [-0.05, 0) is 31.9 Å². The van der Waals surface area contributed by atoms with Crippen LogP contribution >= 0.6 is 11.8 Å². The first kappa shape index (κ1) is 19.1. The van der Waals surface area contributed by atoms with Crippen molar-refractivity contribution in [2.45, 2.75) is 44.8 Å². The molecule has 7 heteroatoms. The van der Waals surface area contributed by atoms with Gasteiger partial charge in [-0.25, -0.2) is 0 Å². The Morgan fingerprint density at radius 3 is 1.92 bits per heavy atom. The molecule has 0 aromatic rings. The topological polar surface area (TPSA) is 60.9 Å². The van der Waals surface area contributed by atoms with Gasteiger partial charge < -0.3 is 14.7 Å². The molecule has 0 saturated carbocycles. The van der Waals surface area contributed by atoms with Gasteiger partial charge in [-0.3, -0.25) is 14.4 Å². The number of carbonyl (C=O) groups excluding carboxylic acids is 3. The molecule has 2 aliphatic rings. The van der Waals surface area contributed by atoms with E-state index in [0.29, 0.717) is 39.3 Å². The van der Waals surface area contributed by atoms with Gasteiger partial charge in [-0.1, -0.05) is 13.3 Å². The summed E-state index contributed by atoms with van der Waals surface area (Å²) in [5.41, 5.74) is 0. The second-order valence-electron chi connectivity index (χ2n) is 6.48. The van der Waals surface area contributed by atoms with E-state index in [9.17, 15) is 14.4 Å². The first-order valence-corrected chi connectivity index (χ1v) is 10.1. The molecule has 0 aromatic heterocycles. The second kappa shape index (κ2) is 9.30. The molecule has 0 aromatic carbocycles. The van der Waals surface area contributed by atoms with E-state index >= 15 is 0 Å². The van der Waals surface area contributed by atoms with Gasteiger partial charge in [0.2, 0.25) is 5.91 Å². The van der Waals surface area contributed by atoms with Gasteiger partial charge in [-0.2, -0.15) is 0 Å². The average molecular weight is 356 g/mol. The molecule has 0 aliphatic carbocycles. The molecule has 2 aliphatic heterocycles. The fraction of sp³-hybridized carbons (Fsp3) is 0.824. The molecule has 3 amide bonds. The van der Waals surface area contributed by atoms with Gasteiger partial charge in [0.1, 0.15) is 0 Å². The Morgan fingerprint density at radius 2 is 1.38 bits per heavy atom. The van der Waals surface area contributed by atoms with Crippen molar-refractivity contribution in [1.82, 2.24) is 14.7 Å². The maximum absolute atomic E-state index is 12.4. The molecular weight excluding hydrogens is 326 g/mol. The highest BCUT2D eigenvalue weighted by molar-refractivity contribution is 8.00. The Bertz CT molecular complexity index is 458. The normalized spacial score (nSPS) is 19.5. The number of nitrogens with zero attached hydrogens (tertiary/aromatic N) is 3. The molecule has 2 rings (SSSR count). The van der Waals surface area contributed by atoms with Crippen LogP contribution in [0.25, 0.3) is 0 Å². The quantitative estimate of drug-likeness (QED) is 0.549. The van der Waals surface area contributed by atoms with Gasteiger partial charge in [0, 0.05) is 39.3 Å². The second-order valence-corrected chi connectivity index (χ2v) is 7.93. The molecule has 2 fully saturated rings. The van der Waals surface area contributed by atoms with Gasteiger partial charge in [0.05, 0.1) is 5.25 Å². The molecule has 2 saturated heterocycles. The van der Waals surface area contributed by atoms with Crippen LogP contribution in [0.1, 0.15) is 39.5 Å². The van der Waals surface area contributed by atoms with E-state index in [0.717, 1.165) is 31.4 Å². The van der Waals surface area contributed by atoms with E-state index in [1.165, 1.54) is 0 Å². The van der Waals surface area contributed by atoms with Crippen molar-refractivity contribution in [1.29, 1.82) is 0 Å². The Hall–Kier alpha value is -1.24. The lowest BCUT2D eigenvalue weighted by molar-refractivity contribution is -0.153. The molecule has 0 spiro atoms. The van der Waals surface area contributed by atoms with Crippen molar-refractivity contribution in [3.05, 3.63) is 0 Å². The van der Waals surface area contributed by atoms with Crippen LogP contribution in [0, 0.1) is 0 Å². The highest BCUT2D eigenvalue weighted by atomic mass is 32.2. The summed E-state index contributed by atoms with van der Waals surface area (Å²) in [6.45, 7) is 7.44. The van der Waals surface area contributed by atoms with Crippen LogP contribution in [0.5, 0.6) is 0 Å². The number of hydrogen-bond donors (Lipinski definition) is 0. The maximum atomic E-state index is 12.4. The van der Waals surface area contributed by atoms with Gasteiger partial charge in [0.25, 0.3) is 0 Å². The molecule has 1 unspecified atom stereocenters. The largest absolute Gasteiger partial charge is 0.338 e. The number of amides is 3. The highest BCUT2D eigenvalue weighted by Crippen LogP contribution is 2.17. The summed E-state index contributed by atoms with van der Waals surface area (Å²) in [5, 5.41) is -0.0370. The Labute approximate surface area is 148 Å². The number of hydrogen-bond acceptors (Lipinski definition) is 4. The number of carbonyl (C=O) groups is 3. The standard InChI is InChI=1S/C17H29N3O3S/c1-3-4-13-24-14(2)15(21)19-9-11-20(12-10-19)17(23)16(22)18-7-5-6-8-18/h14H,3-13H2,1-2H3. The van der Waals surface area contributed by atoms with Crippen molar-refractivity contribution < 1.29 is 14.4 Å². The zero-order valence-electron chi connectivity index (χ0n) is 14.8. The third-order valence-electron chi connectivity index (χ3n) is 4.67. The van der Waals surface area contributed by atoms with Crippen LogP contribution in [0.3, 0.4) is 0 Å². The molecule has 136 valence electrons. The van der Waals surface area contributed by atoms with Crippen LogP contribution in [0.2, 0.25) is 0 Å². The molecule has 0 radical (unpaired) electrons. The van der Waals surface area contributed by atoms with Crippen LogP contribution in [0.15, 0.2) is 0 Å². The lowest BCUT2D eigenvalue weighted by Gasteiger charge is -2.36. The minimum Gasteiger partial charge on any atom is -0.338 e. The minimum atomic E-state index is -0.408. The average Bonchev–Trinajstić information content (AvgIpc) is 3.14. The van der Waals surface area contributed by atoms with Gasteiger partial charge in [0.15, 0.2) is 0 Å². The van der Waals surface area contributed by atoms with Crippen LogP contribution in [-0.2, 0) is 14.4 Å². The predicted octanol–water partition coefficient (Wildman–Crippen LogP) is 1.20. The van der Waals surface area contributed by atoms with Crippen molar-refractivity contribution in [3.63, 3.8) is 0 Å². The summed E-state index contributed by atoms with van der Waals surface area (Å²) in [7, 11) is 0. The summed E-state index contributed by atoms with van der Waals surface area (Å²) in [5.74, 6) is 0.367. The van der Waals surface area contributed by atoms with E-state index in [2.05, 4.69) is 6.92 Å². The van der Waals surface area contributed by atoms with E-state index < -0.39 is 5.91 Å². The fourth-order valence-electron chi connectivity index (χ4n) is 3.05. The summed E-state index contributed by atoms with van der Waals surface area (Å²) >= 11 is 1.70. The number of thioether (sulfide) groups is 1. The first-order chi connectivity index (χ1) is 11.5. The lowest BCUT2D eigenvalue weighted by atomic mass is 10.2. The van der Waals surface area contributed by atoms with E-state index in [1.807, 2.05) is 11.8 Å². The number of likely N-dealkylation sites (tertiary alicyclic amines) is 1. The van der Waals surface area contributed by atoms with Crippen LogP contribution in [0.4, 0.5) is 0 Å². The van der Waals surface area contributed by atoms with Crippen molar-refractivity contribution in [3.8, 4) is 0 Å². The summed E-state index contributed by atoms with van der Waals surface area (Å²) < 4.78 is 0. The number of unbranched alkanes of at least 4 members (excludes halogenated alkanes) is 1. The third-order valence-corrected chi connectivity index (χ3v) is 5.89. The fourth-order valence-corrected chi connectivity index (χ4v) is 4.15. The Morgan fingerprint density at radius 1 is 0.875 bits per heavy atom. The molecule has 6 nitrogen and oxygen atoms in total. The van der Waals surface area contributed by atoms with E-state index in [4.69, 9.17) is 0 Å². The highest BCUT2D eigenvalue weighted by Gasteiger charge is 2.32. The van der Waals surface area contributed by atoms with Crippen LogP contribution < -0.4 is 0 Å². The van der Waals surface area contributed by atoms with Gasteiger partial charge in [-0.15, -0.1) is 11.8 Å². The summed E-state index contributed by atoms with van der Waals surface area (Å²) in [6, 6.07) is 0. The molecule has 1 atom stereocenters. The third kappa shape index (κ3) is 4.88. The molecule has 0 N–H and O–H groups in total. The Balaban J connectivity index is 1.76. The molecular formula is C17H29N3O3S. The maximum Gasteiger partial charge on any atom is 0.312 e. The van der Waals surface area contributed by atoms with Crippen LogP contribution in [-0.4, -0.2) is 82.7 Å². The summed E-state index contributed by atoms with van der Waals surface area (Å²) in [6.07, 6.45) is 4.23. The zero-order chi connectivity index (χ0) is 17.5. The Kier molecular flexibility index (Phi) is 7.40. The molecule has 2 heterocycles.